The van der Waals surface area contributed by atoms with Gasteiger partial charge in [0.1, 0.15) is 0 Å². The van der Waals surface area contributed by atoms with Gasteiger partial charge in [0.25, 0.3) is 0 Å². The molecule has 0 radical (unpaired) electrons. The zero-order valence-corrected chi connectivity index (χ0v) is 21.5. The number of fused-ring (bicyclic) bond motifs is 5. The van der Waals surface area contributed by atoms with Crippen molar-refractivity contribution in [2.24, 2.45) is 40.1 Å². The number of hydrogen-bond donors (Lipinski definition) is 4. The summed E-state index contributed by atoms with van der Waals surface area (Å²) in [5, 5.41) is 15.4. The molecule has 0 bridgehead atoms. The molecule has 4 aliphatic rings. The second-order valence-electron chi connectivity index (χ2n) is 12.6. The molecule has 8 heteroatoms. The molecule has 5 rings (SSSR count). The highest BCUT2D eigenvalue weighted by molar-refractivity contribution is 5.87. The minimum absolute atomic E-state index is 0.0617. The third-order valence-electron chi connectivity index (χ3n) is 11.1. The van der Waals surface area contributed by atoms with Crippen LogP contribution in [0.15, 0.2) is 27.6 Å². The lowest BCUT2D eigenvalue weighted by molar-refractivity contribution is -0.202. The predicted octanol–water partition coefficient (Wildman–Crippen LogP) is 2.57. The Labute approximate surface area is 212 Å². The molecule has 4 fully saturated rings. The molecule has 6 N–H and O–H groups in total. The van der Waals surface area contributed by atoms with Crippen molar-refractivity contribution in [3.63, 3.8) is 0 Å². The first kappa shape index (κ1) is 25.5. The van der Waals surface area contributed by atoms with Gasteiger partial charge in [0.05, 0.1) is 24.3 Å². The smallest absolute Gasteiger partial charge is 0.335 e. The lowest BCUT2D eigenvalue weighted by atomic mass is 9.43. The van der Waals surface area contributed by atoms with Gasteiger partial charge in [0.15, 0.2) is 0 Å². The molecule has 2 unspecified atom stereocenters. The number of nitrogens with two attached hydrogens (primary N) is 2. The standard InChI is InChI=1S/C28H41N3O5/c1-26-10-7-18(31-25(34)22(29)14-23(30)32)13-17(26)4-5-21-20(26)8-11-27(2)19(9-12-28(21,27)35)16-3-6-24(33)36-15-16/h3,6,15,17-22,35H,4-5,7-14,29H2,1-2H3,(H2,30,32)(H,31,34)/t17-,18+,19-,20?,21?,22-,26+,27-,28+/m1/s1. The van der Waals surface area contributed by atoms with Gasteiger partial charge in [-0.05, 0) is 98.5 Å². The van der Waals surface area contributed by atoms with Crippen LogP contribution in [0, 0.1) is 28.6 Å². The first-order valence-corrected chi connectivity index (χ1v) is 13.6. The fourth-order valence-corrected chi connectivity index (χ4v) is 9.08. The largest absolute Gasteiger partial charge is 0.431 e. The normalized spacial score (nSPS) is 42.5. The molecular weight excluding hydrogens is 458 g/mol. The van der Waals surface area contributed by atoms with E-state index in [9.17, 15) is 19.5 Å². The molecular formula is C28H41N3O5. The number of rotatable bonds is 5. The summed E-state index contributed by atoms with van der Waals surface area (Å²) in [6.07, 6.45) is 10.0. The topological polar surface area (TPSA) is 149 Å². The number of carbonyl (C=O) groups excluding carboxylic acids is 2. The molecule has 2 amide bonds. The first-order valence-electron chi connectivity index (χ1n) is 13.6. The second-order valence-corrected chi connectivity index (χ2v) is 12.6. The van der Waals surface area contributed by atoms with Gasteiger partial charge >= 0.3 is 5.63 Å². The van der Waals surface area contributed by atoms with E-state index < -0.39 is 17.6 Å². The van der Waals surface area contributed by atoms with E-state index in [4.69, 9.17) is 15.9 Å². The average Bonchev–Trinajstić information content (AvgIpc) is 3.10. The van der Waals surface area contributed by atoms with Crippen molar-refractivity contribution in [1.29, 1.82) is 0 Å². The van der Waals surface area contributed by atoms with E-state index in [1.807, 2.05) is 6.07 Å². The third-order valence-corrected chi connectivity index (χ3v) is 11.1. The highest BCUT2D eigenvalue weighted by atomic mass is 16.4. The predicted molar refractivity (Wildman–Crippen MR) is 135 cm³/mol. The minimum Gasteiger partial charge on any atom is -0.431 e. The van der Waals surface area contributed by atoms with E-state index in [2.05, 4.69) is 19.2 Å². The number of primary amides is 1. The molecule has 36 heavy (non-hydrogen) atoms. The Morgan fingerprint density at radius 3 is 2.58 bits per heavy atom. The van der Waals surface area contributed by atoms with Gasteiger partial charge in [-0.1, -0.05) is 13.8 Å². The molecule has 4 saturated carbocycles. The van der Waals surface area contributed by atoms with Crippen molar-refractivity contribution in [1.82, 2.24) is 5.32 Å². The molecule has 9 atom stereocenters. The Kier molecular flexibility index (Phi) is 6.35. The molecule has 4 aliphatic carbocycles. The summed E-state index contributed by atoms with van der Waals surface area (Å²) in [6.45, 7) is 4.66. The highest BCUT2D eigenvalue weighted by Gasteiger charge is 2.67. The molecule has 0 aromatic carbocycles. The minimum atomic E-state index is -0.898. The fraction of sp³-hybridized carbons (Fsp3) is 0.750. The third kappa shape index (κ3) is 3.92. The van der Waals surface area contributed by atoms with Crippen LogP contribution in [0.1, 0.15) is 89.5 Å². The van der Waals surface area contributed by atoms with E-state index in [0.717, 1.165) is 63.4 Å². The van der Waals surface area contributed by atoms with E-state index in [1.54, 1.807) is 6.26 Å². The van der Waals surface area contributed by atoms with Gasteiger partial charge in [0, 0.05) is 17.5 Å². The molecule has 198 valence electrons. The van der Waals surface area contributed by atoms with E-state index >= 15 is 0 Å². The van der Waals surface area contributed by atoms with Crippen LogP contribution in [-0.4, -0.2) is 34.6 Å². The number of hydrogen-bond acceptors (Lipinski definition) is 6. The summed E-state index contributed by atoms with van der Waals surface area (Å²) < 4.78 is 5.19. The highest BCUT2D eigenvalue weighted by Crippen LogP contribution is 2.70. The van der Waals surface area contributed by atoms with Gasteiger partial charge in [-0.25, -0.2) is 4.79 Å². The molecule has 0 aliphatic heterocycles. The van der Waals surface area contributed by atoms with Crippen molar-refractivity contribution < 1.29 is 19.1 Å². The van der Waals surface area contributed by atoms with Crippen LogP contribution in [0.3, 0.4) is 0 Å². The van der Waals surface area contributed by atoms with Crippen LogP contribution in [0.25, 0.3) is 0 Å². The van der Waals surface area contributed by atoms with Gasteiger partial charge in [-0.3, -0.25) is 9.59 Å². The summed E-state index contributed by atoms with van der Waals surface area (Å²) in [7, 11) is 0. The number of nitrogens with one attached hydrogen (secondary N) is 1. The Bertz CT molecular complexity index is 1070. The summed E-state index contributed by atoms with van der Waals surface area (Å²) >= 11 is 0. The van der Waals surface area contributed by atoms with Crippen LogP contribution in [-0.2, 0) is 9.59 Å². The van der Waals surface area contributed by atoms with Crippen LogP contribution in [0.5, 0.6) is 0 Å². The van der Waals surface area contributed by atoms with E-state index in [0.29, 0.717) is 11.8 Å². The number of aliphatic hydroxyl groups is 1. The molecule has 0 spiro atoms. The van der Waals surface area contributed by atoms with Crippen molar-refractivity contribution in [3.05, 3.63) is 34.4 Å². The first-order chi connectivity index (χ1) is 17.0. The molecule has 8 nitrogen and oxygen atoms in total. The van der Waals surface area contributed by atoms with Crippen molar-refractivity contribution in [3.8, 4) is 0 Å². The van der Waals surface area contributed by atoms with Gasteiger partial charge in [-0.15, -0.1) is 0 Å². The lowest BCUT2D eigenvalue weighted by Crippen LogP contribution is -2.62. The zero-order chi connectivity index (χ0) is 25.9. The second kappa shape index (κ2) is 8.98. The maximum absolute atomic E-state index is 12.5. The monoisotopic (exact) mass is 499 g/mol. The number of amides is 2. The Morgan fingerprint density at radius 2 is 1.89 bits per heavy atom. The summed E-state index contributed by atoms with van der Waals surface area (Å²) in [5.74, 6) is 0.518. The van der Waals surface area contributed by atoms with Crippen LogP contribution in [0.2, 0.25) is 0 Å². The van der Waals surface area contributed by atoms with Crippen LogP contribution >= 0.6 is 0 Å². The van der Waals surface area contributed by atoms with Crippen molar-refractivity contribution in [2.45, 2.75) is 102 Å². The maximum Gasteiger partial charge on any atom is 0.335 e. The van der Waals surface area contributed by atoms with Gasteiger partial charge < -0.3 is 26.3 Å². The average molecular weight is 500 g/mol. The van der Waals surface area contributed by atoms with Gasteiger partial charge in [0.2, 0.25) is 11.8 Å². The van der Waals surface area contributed by atoms with Crippen LogP contribution < -0.4 is 22.4 Å². The maximum atomic E-state index is 12.5. The molecule has 1 aromatic heterocycles. The quantitative estimate of drug-likeness (QED) is 0.489. The zero-order valence-electron chi connectivity index (χ0n) is 21.5. The Balaban J connectivity index is 1.31. The summed E-state index contributed by atoms with van der Waals surface area (Å²) in [6, 6.07) is 2.53. The summed E-state index contributed by atoms with van der Waals surface area (Å²) in [4.78, 5) is 35.1. The van der Waals surface area contributed by atoms with Crippen molar-refractivity contribution in [2.75, 3.05) is 0 Å². The summed E-state index contributed by atoms with van der Waals surface area (Å²) in [5.41, 5.74) is 10.9. The number of carbonyl (C=O) groups is 2. The Morgan fingerprint density at radius 1 is 1.11 bits per heavy atom. The van der Waals surface area contributed by atoms with E-state index in [-0.39, 0.29) is 46.7 Å². The van der Waals surface area contributed by atoms with Crippen molar-refractivity contribution >= 4 is 11.8 Å². The Hall–Kier alpha value is -2.19. The molecule has 1 heterocycles. The SMILES string of the molecule is C[C@]12CC[C@H](NC(=O)[C@H](N)CC(N)=O)C[C@H]1CCC1C2CC[C@]2(C)[C@@H](c3ccc(=O)oc3)CC[C@]12O. The fourth-order valence-electron chi connectivity index (χ4n) is 9.08. The van der Waals surface area contributed by atoms with Crippen LogP contribution in [0.4, 0.5) is 0 Å². The lowest BCUT2D eigenvalue weighted by Gasteiger charge is -2.63. The van der Waals surface area contributed by atoms with E-state index in [1.165, 1.54) is 6.07 Å². The molecule has 1 aromatic rings. The molecule has 0 saturated heterocycles. The van der Waals surface area contributed by atoms with Gasteiger partial charge in [-0.2, -0.15) is 0 Å².